The second-order valence-electron chi connectivity index (χ2n) is 7.41. The van der Waals surface area contributed by atoms with E-state index >= 15 is 0 Å². The van der Waals surface area contributed by atoms with Gasteiger partial charge in [0.2, 0.25) is 6.10 Å². The van der Waals surface area contributed by atoms with Crippen molar-refractivity contribution >= 4 is 89.8 Å². The highest BCUT2D eigenvalue weighted by Crippen LogP contribution is 2.30. The minimum absolute atomic E-state index is 0.294. The van der Waals surface area contributed by atoms with Gasteiger partial charge in [-0.25, -0.2) is 9.59 Å². The zero-order valence-corrected chi connectivity index (χ0v) is 24.6. The van der Waals surface area contributed by atoms with Crippen LogP contribution in [0.3, 0.4) is 0 Å². The van der Waals surface area contributed by atoms with Gasteiger partial charge < -0.3 is 9.47 Å². The molecule has 1 N–H and O–H groups in total. The van der Waals surface area contributed by atoms with Crippen molar-refractivity contribution in [1.82, 2.24) is 0 Å². The molecule has 0 radical (unpaired) electrons. The topological polar surface area (TPSA) is 107 Å². The first-order valence-electron chi connectivity index (χ1n) is 9.12. The first-order chi connectivity index (χ1) is 15.4. The Morgan fingerprint density at radius 1 is 1.03 bits per heavy atom. The van der Waals surface area contributed by atoms with Crippen LogP contribution in [0.4, 0.5) is 13.2 Å². The Morgan fingerprint density at radius 3 is 2.09 bits per heavy atom. The first kappa shape index (κ1) is 29.5. The number of benzene rings is 2. The van der Waals surface area contributed by atoms with Crippen molar-refractivity contribution in [3.63, 3.8) is 0 Å². The van der Waals surface area contributed by atoms with Gasteiger partial charge >= 0.3 is 18.1 Å². The van der Waals surface area contributed by atoms with Crippen LogP contribution in [0.15, 0.2) is 36.4 Å². The Bertz CT molecular complexity index is 1200. The van der Waals surface area contributed by atoms with Crippen LogP contribution in [0.1, 0.15) is 40.1 Å². The molecule has 0 bridgehead atoms. The van der Waals surface area contributed by atoms with Crippen LogP contribution < -0.4 is 0 Å². The summed E-state index contributed by atoms with van der Waals surface area (Å²) in [5.41, 5.74) is -0.633. The minimum atomic E-state index is -5.20. The fourth-order valence-corrected chi connectivity index (χ4v) is 5.66. The number of ether oxygens (including phenoxy) is 2. The molecule has 2 rings (SSSR count). The third-order valence-electron chi connectivity index (χ3n) is 4.35. The molecule has 0 heterocycles. The quantitative estimate of drug-likeness (QED) is 0.168. The van der Waals surface area contributed by atoms with Crippen LogP contribution >= 0.6 is 67.8 Å². The summed E-state index contributed by atoms with van der Waals surface area (Å²) < 4.78 is 81.7. The van der Waals surface area contributed by atoms with Crippen molar-refractivity contribution in [3.8, 4) is 0 Å². The van der Waals surface area contributed by atoms with E-state index in [9.17, 15) is 31.2 Å². The number of rotatable bonds is 7. The van der Waals surface area contributed by atoms with Gasteiger partial charge in [0.25, 0.3) is 10.1 Å². The van der Waals surface area contributed by atoms with Gasteiger partial charge in [0.1, 0.15) is 11.4 Å². The molecule has 0 amide bonds. The standard InChI is InChI=1S/C20H16F3I3O7S/c1-19(2,33-18(28)13-7-12(24)8-14(25)16(13)26)11-5-3-10(4-6-11)17(27)32-15(20(21,22)23)9-34(29,30)31/h3-8,15H,9H2,1-2H3,(H,29,30,31). The van der Waals surface area contributed by atoms with Gasteiger partial charge in [0.15, 0.2) is 0 Å². The third kappa shape index (κ3) is 8.16. The number of hydrogen-bond acceptors (Lipinski definition) is 6. The normalized spacial score (nSPS) is 13.3. The summed E-state index contributed by atoms with van der Waals surface area (Å²) in [6.07, 6.45) is -8.24. The van der Waals surface area contributed by atoms with E-state index in [1.54, 1.807) is 19.9 Å². The van der Waals surface area contributed by atoms with Gasteiger partial charge in [0, 0.05) is 10.7 Å². The van der Waals surface area contributed by atoms with E-state index < -0.39 is 45.7 Å². The second-order valence-corrected chi connectivity index (χ2v) is 12.4. The summed E-state index contributed by atoms with van der Waals surface area (Å²) in [4.78, 5) is 24.9. The maximum absolute atomic E-state index is 13.0. The number of esters is 2. The van der Waals surface area contributed by atoms with E-state index in [1.807, 2.05) is 28.7 Å². The average Bonchev–Trinajstić information content (AvgIpc) is 2.68. The Labute approximate surface area is 234 Å². The summed E-state index contributed by atoms with van der Waals surface area (Å²) in [5.74, 6) is -3.83. The molecule has 14 heteroatoms. The highest BCUT2D eigenvalue weighted by Gasteiger charge is 2.45. The van der Waals surface area contributed by atoms with Crippen molar-refractivity contribution in [2.45, 2.75) is 31.7 Å². The van der Waals surface area contributed by atoms with Crippen molar-refractivity contribution in [3.05, 3.63) is 63.8 Å². The van der Waals surface area contributed by atoms with Gasteiger partial charge in [-0.2, -0.15) is 21.6 Å². The van der Waals surface area contributed by atoms with Gasteiger partial charge in [-0.1, -0.05) is 12.1 Å². The lowest BCUT2D eigenvalue weighted by atomic mass is 9.96. The van der Waals surface area contributed by atoms with Crippen molar-refractivity contribution in [2.24, 2.45) is 0 Å². The summed E-state index contributed by atoms with van der Waals surface area (Å²) in [7, 11) is -5.05. The number of alkyl halides is 3. The van der Waals surface area contributed by atoms with E-state index in [1.165, 1.54) is 12.1 Å². The Morgan fingerprint density at radius 2 is 1.59 bits per heavy atom. The monoisotopic (exact) mass is 838 g/mol. The minimum Gasteiger partial charge on any atom is -0.451 e. The molecule has 0 saturated carbocycles. The van der Waals surface area contributed by atoms with Gasteiger partial charge in [-0.15, -0.1) is 0 Å². The van der Waals surface area contributed by atoms with Gasteiger partial charge in [-0.05, 0) is 111 Å². The second kappa shape index (κ2) is 11.1. The smallest absolute Gasteiger partial charge is 0.426 e. The molecule has 186 valence electrons. The number of carbonyl (C=O) groups excluding carboxylic acids is 2. The van der Waals surface area contributed by atoms with Crippen LogP contribution in [0, 0.1) is 10.7 Å². The first-order valence-corrected chi connectivity index (χ1v) is 14.0. The maximum Gasteiger partial charge on any atom is 0.426 e. The van der Waals surface area contributed by atoms with Crippen molar-refractivity contribution in [2.75, 3.05) is 5.75 Å². The zero-order valence-electron chi connectivity index (χ0n) is 17.3. The van der Waals surface area contributed by atoms with Crippen LogP contribution in [-0.4, -0.2) is 42.9 Å². The molecule has 0 aliphatic rings. The van der Waals surface area contributed by atoms with Crippen LogP contribution in [0.5, 0.6) is 0 Å². The average molecular weight is 838 g/mol. The van der Waals surface area contributed by atoms with Gasteiger partial charge in [-0.3, -0.25) is 4.55 Å². The highest BCUT2D eigenvalue weighted by atomic mass is 127. The highest BCUT2D eigenvalue weighted by molar-refractivity contribution is 14.1. The lowest BCUT2D eigenvalue weighted by Gasteiger charge is -2.26. The van der Waals surface area contributed by atoms with Gasteiger partial charge in [0.05, 0.1) is 11.1 Å². The zero-order chi connectivity index (χ0) is 26.1. The number of hydrogen-bond donors (Lipinski definition) is 1. The van der Waals surface area contributed by atoms with Crippen LogP contribution in [-0.2, 0) is 25.2 Å². The molecule has 7 nitrogen and oxygen atoms in total. The van der Waals surface area contributed by atoms with E-state index in [-0.39, 0.29) is 5.56 Å². The van der Waals surface area contributed by atoms with E-state index in [2.05, 4.69) is 49.9 Å². The van der Waals surface area contributed by atoms with Crippen molar-refractivity contribution in [1.29, 1.82) is 0 Å². The molecule has 0 aliphatic heterocycles. The predicted octanol–water partition coefficient (Wildman–Crippen LogP) is 5.57. The molecule has 1 unspecified atom stereocenters. The summed E-state index contributed by atoms with van der Waals surface area (Å²) >= 11 is 6.23. The third-order valence-corrected chi connectivity index (χ3v) is 8.74. The van der Waals surface area contributed by atoms with Crippen LogP contribution in [0.25, 0.3) is 0 Å². The summed E-state index contributed by atoms with van der Waals surface area (Å²) in [6, 6.07) is 8.66. The molecule has 2 aromatic rings. The Balaban J connectivity index is 2.20. The molecule has 0 aliphatic carbocycles. The fraction of sp³-hybridized carbons (Fsp3) is 0.300. The predicted molar refractivity (Wildman–Crippen MR) is 141 cm³/mol. The number of carbonyl (C=O) groups is 2. The molecule has 34 heavy (non-hydrogen) atoms. The largest absolute Gasteiger partial charge is 0.451 e. The molecular formula is C20H16F3I3O7S. The summed E-state index contributed by atoms with van der Waals surface area (Å²) in [6.45, 7) is 3.21. The molecule has 0 spiro atoms. The number of halogens is 6. The molecule has 1 atom stereocenters. The SMILES string of the molecule is CC(C)(OC(=O)c1cc(I)cc(I)c1I)c1ccc(C(=O)OC(CS(=O)(=O)O)C(F)(F)F)cc1. The molecule has 0 saturated heterocycles. The van der Waals surface area contributed by atoms with Crippen LogP contribution in [0.2, 0.25) is 0 Å². The molecule has 2 aromatic carbocycles. The lowest BCUT2D eigenvalue weighted by molar-refractivity contribution is -0.197. The summed E-state index contributed by atoms with van der Waals surface area (Å²) in [5, 5.41) is 0. The van der Waals surface area contributed by atoms with E-state index in [4.69, 9.17) is 9.29 Å². The van der Waals surface area contributed by atoms with E-state index in [0.29, 0.717) is 11.1 Å². The van der Waals surface area contributed by atoms with Crippen molar-refractivity contribution < 1.29 is 45.2 Å². The Kier molecular flexibility index (Phi) is 9.65. The lowest BCUT2D eigenvalue weighted by Crippen LogP contribution is -2.39. The molecular weight excluding hydrogens is 822 g/mol. The maximum atomic E-state index is 13.0. The Hall–Kier alpha value is -0.730. The van der Waals surface area contributed by atoms with E-state index in [0.717, 1.165) is 22.8 Å². The fourth-order valence-electron chi connectivity index (χ4n) is 2.64. The molecule has 0 fully saturated rings. The molecule has 0 aromatic heterocycles.